The largest absolute Gasteiger partial charge is 0.466 e. The molecule has 0 heterocycles. The highest BCUT2D eigenvalue weighted by Gasteiger charge is 2.67. The molecule has 1 amide bonds. The molecule has 9 heteroatoms. The Morgan fingerprint density at radius 2 is 2.04 bits per heavy atom. The number of carbonyl (C=O) groups is 2. The molecule has 1 aliphatic carbocycles. The Labute approximate surface area is 178 Å². The van der Waals surface area contributed by atoms with Gasteiger partial charge in [0.25, 0.3) is 0 Å². The van der Waals surface area contributed by atoms with Crippen LogP contribution in [0.15, 0.2) is 43.0 Å². The van der Waals surface area contributed by atoms with Crippen molar-refractivity contribution < 1.29 is 28.2 Å². The molecule has 0 aromatic heterocycles. The first-order valence-electron chi connectivity index (χ1n) is 9.01. The van der Waals surface area contributed by atoms with Crippen LogP contribution in [0.25, 0.3) is 0 Å². The van der Waals surface area contributed by atoms with Gasteiger partial charge in [0.2, 0.25) is 7.37 Å². The maximum atomic E-state index is 13.6. The van der Waals surface area contributed by atoms with E-state index in [0.29, 0.717) is 6.42 Å². The molecule has 0 saturated heterocycles. The molecular weight excluding hydrogens is 496 g/mol. The van der Waals surface area contributed by atoms with Gasteiger partial charge in [0, 0.05) is 11.5 Å². The highest BCUT2D eigenvalue weighted by molar-refractivity contribution is 14.1. The van der Waals surface area contributed by atoms with Crippen molar-refractivity contribution in [2.24, 2.45) is 5.92 Å². The molecule has 0 aliphatic heterocycles. The monoisotopic (exact) mass is 521 g/mol. The number of alkyl carbamates (subject to hydrolysis) is 1. The van der Waals surface area contributed by atoms with Gasteiger partial charge in [-0.1, -0.05) is 36.4 Å². The van der Waals surface area contributed by atoms with Gasteiger partial charge in [-0.25, -0.2) is 4.79 Å². The fourth-order valence-corrected chi connectivity index (χ4v) is 6.48. The minimum Gasteiger partial charge on any atom is -0.466 e. The minimum atomic E-state index is -3.60. The first-order valence-corrected chi connectivity index (χ1v) is 12.1. The molecule has 4 atom stereocenters. The molecule has 1 aliphatic rings. The van der Waals surface area contributed by atoms with E-state index in [1.54, 1.807) is 19.9 Å². The maximum Gasteiger partial charge on any atom is 0.409 e. The second kappa shape index (κ2) is 9.89. The van der Waals surface area contributed by atoms with Gasteiger partial charge in [0.1, 0.15) is 11.4 Å². The zero-order chi connectivity index (χ0) is 20.8. The van der Waals surface area contributed by atoms with E-state index in [-0.39, 0.29) is 19.1 Å². The summed E-state index contributed by atoms with van der Waals surface area (Å²) in [6.45, 7) is 7.40. The van der Waals surface area contributed by atoms with Crippen molar-refractivity contribution in [1.29, 1.82) is 0 Å². The number of hydrogen-bond donors (Lipinski definition) is 1. The van der Waals surface area contributed by atoms with Gasteiger partial charge in [-0.2, -0.15) is 0 Å². The van der Waals surface area contributed by atoms with Crippen molar-refractivity contribution in [2.45, 2.75) is 29.7 Å². The summed E-state index contributed by atoms with van der Waals surface area (Å²) in [5, 5.41) is 1.50. The van der Waals surface area contributed by atoms with Crippen LogP contribution >= 0.6 is 30.0 Å². The van der Waals surface area contributed by atoms with Crippen molar-refractivity contribution in [2.75, 3.05) is 19.4 Å². The van der Waals surface area contributed by atoms with Crippen LogP contribution in [0.2, 0.25) is 0 Å². The molecule has 0 bridgehead atoms. The SMILES string of the molecule is C=CC1CC1(NC(=O)OC(I)c1ccccc1)P(=O)(CC(=O)OCC)OCC. The standard InChI is InChI=1S/C19H25INO6P/c1-4-15-12-19(15,28(24,26-6-3)13-16(22)25-5-2)21-18(23)27-17(20)14-10-8-7-9-11-14/h4,7-11,15,17H,1,5-6,12-13H2,2-3H3,(H,21,23). The molecule has 1 aromatic rings. The molecule has 154 valence electrons. The van der Waals surface area contributed by atoms with Crippen LogP contribution in [0.1, 0.15) is 29.9 Å². The zero-order valence-corrected chi connectivity index (χ0v) is 19.0. The van der Waals surface area contributed by atoms with Gasteiger partial charge < -0.3 is 19.3 Å². The molecular formula is C19H25INO6P. The number of esters is 1. The van der Waals surface area contributed by atoms with Crippen LogP contribution in [0.3, 0.4) is 0 Å². The van der Waals surface area contributed by atoms with Gasteiger partial charge in [-0.15, -0.1) is 6.58 Å². The number of alkyl halides is 1. The minimum absolute atomic E-state index is 0.137. The fourth-order valence-electron chi connectivity index (χ4n) is 3.03. The van der Waals surface area contributed by atoms with Gasteiger partial charge >= 0.3 is 12.1 Å². The van der Waals surface area contributed by atoms with E-state index in [1.807, 2.05) is 52.9 Å². The number of hydrogen-bond acceptors (Lipinski definition) is 6. The Hall–Kier alpha value is -1.38. The summed E-state index contributed by atoms with van der Waals surface area (Å²) in [7, 11) is -3.60. The van der Waals surface area contributed by atoms with E-state index >= 15 is 0 Å². The Morgan fingerprint density at radius 3 is 2.57 bits per heavy atom. The van der Waals surface area contributed by atoms with Crippen molar-refractivity contribution >= 4 is 42.0 Å². The highest BCUT2D eigenvalue weighted by atomic mass is 127. The Balaban J connectivity index is 2.17. The van der Waals surface area contributed by atoms with Crippen LogP contribution < -0.4 is 5.32 Å². The van der Waals surface area contributed by atoms with E-state index < -0.39 is 35.0 Å². The molecule has 1 fully saturated rings. The number of rotatable bonds is 10. The van der Waals surface area contributed by atoms with Crippen LogP contribution in [0.4, 0.5) is 4.79 Å². The van der Waals surface area contributed by atoms with E-state index in [9.17, 15) is 14.2 Å². The van der Waals surface area contributed by atoms with Crippen LogP contribution in [0, 0.1) is 5.92 Å². The van der Waals surface area contributed by atoms with Crippen molar-refractivity contribution in [3.05, 3.63) is 48.6 Å². The lowest BCUT2D eigenvalue weighted by Gasteiger charge is -2.28. The summed E-state index contributed by atoms with van der Waals surface area (Å²) in [6, 6.07) is 9.25. The first-order chi connectivity index (χ1) is 13.3. The molecule has 1 saturated carbocycles. The first kappa shape index (κ1) is 22.9. The summed E-state index contributed by atoms with van der Waals surface area (Å²) < 4.78 is 29.0. The lowest BCUT2D eigenvalue weighted by molar-refractivity contribution is -0.140. The van der Waals surface area contributed by atoms with Crippen molar-refractivity contribution in [1.82, 2.24) is 5.32 Å². The molecule has 1 aromatic carbocycles. The number of carbonyl (C=O) groups excluding carboxylic acids is 2. The van der Waals surface area contributed by atoms with Crippen molar-refractivity contribution in [3.8, 4) is 0 Å². The van der Waals surface area contributed by atoms with E-state index in [1.165, 1.54) is 0 Å². The third-order valence-electron chi connectivity index (χ3n) is 4.45. The molecule has 0 spiro atoms. The molecule has 0 radical (unpaired) electrons. The second-order valence-electron chi connectivity index (χ2n) is 6.28. The molecule has 28 heavy (non-hydrogen) atoms. The van der Waals surface area contributed by atoms with E-state index in [2.05, 4.69) is 11.9 Å². The third kappa shape index (κ3) is 5.15. The molecule has 7 nitrogen and oxygen atoms in total. The molecule has 4 unspecified atom stereocenters. The summed E-state index contributed by atoms with van der Waals surface area (Å²) in [5.41, 5.74) is 0.822. The van der Waals surface area contributed by atoms with E-state index in [0.717, 1.165) is 5.56 Å². The smallest absolute Gasteiger partial charge is 0.409 e. The summed E-state index contributed by atoms with van der Waals surface area (Å²) in [4.78, 5) is 24.5. The number of benzene rings is 1. The predicted octanol–water partition coefficient (Wildman–Crippen LogP) is 4.63. The number of halogens is 1. The zero-order valence-electron chi connectivity index (χ0n) is 15.9. The van der Waals surface area contributed by atoms with Crippen LogP contribution in [-0.2, 0) is 23.4 Å². The second-order valence-corrected chi connectivity index (χ2v) is 10.1. The average Bonchev–Trinajstić information content (AvgIpc) is 3.37. The lowest BCUT2D eigenvalue weighted by Crippen LogP contribution is -2.41. The number of ether oxygens (including phenoxy) is 2. The van der Waals surface area contributed by atoms with Crippen LogP contribution in [0.5, 0.6) is 0 Å². The highest BCUT2D eigenvalue weighted by Crippen LogP contribution is 2.72. The Bertz CT molecular complexity index is 758. The topological polar surface area (TPSA) is 90.9 Å². The predicted molar refractivity (Wildman–Crippen MR) is 115 cm³/mol. The van der Waals surface area contributed by atoms with Gasteiger partial charge in [-0.3, -0.25) is 9.36 Å². The lowest BCUT2D eigenvalue weighted by atomic mass is 10.2. The summed E-state index contributed by atoms with van der Waals surface area (Å²) in [6.07, 6.45) is 0.831. The fraction of sp³-hybridized carbons (Fsp3) is 0.474. The van der Waals surface area contributed by atoms with Gasteiger partial charge in [-0.05, 0) is 42.9 Å². The Morgan fingerprint density at radius 1 is 1.36 bits per heavy atom. The quantitative estimate of drug-likeness (QED) is 0.159. The number of amides is 1. The normalized spacial score (nSPS) is 23.8. The molecule has 1 N–H and O–H groups in total. The third-order valence-corrected chi connectivity index (χ3v) is 8.61. The van der Waals surface area contributed by atoms with Crippen LogP contribution in [-0.4, -0.2) is 36.7 Å². The molecule has 2 rings (SSSR count). The van der Waals surface area contributed by atoms with E-state index in [4.69, 9.17) is 14.0 Å². The number of nitrogens with one attached hydrogen (secondary N) is 1. The average molecular weight is 521 g/mol. The summed E-state index contributed by atoms with van der Waals surface area (Å²) >= 11 is 2.00. The summed E-state index contributed by atoms with van der Waals surface area (Å²) in [5.74, 6) is -0.907. The van der Waals surface area contributed by atoms with Crippen molar-refractivity contribution in [3.63, 3.8) is 0 Å². The maximum absolute atomic E-state index is 13.6. The Kier molecular flexibility index (Phi) is 8.09. The van der Waals surface area contributed by atoms with Gasteiger partial charge in [0.15, 0.2) is 4.11 Å². The van der Waals surface area contributed by atoms with Gasteiger partial charge in [0.05, 0.1) is 13.2 Å².